The van der Waals surface area contributed by atoms with Crippen LogP contribution in [0.15, 0.2) is 41.3 Å². The molecule has 2 aromatic carbocycles. The topological polar surface area (TPSA) is 67.9 Å². The Kier molecular flexibility index (Phi) is 6.59. The number of anilines is 1. The van der Waals surface area contributed by atoms with Crippen molar-refractivity contribution in [2.24, 2.45) is 0 Å². The van der Waals surface area contributed by atoms with E-state index in [1.54, 1.807) is 12.1 Å². The van der Waals surface area contributed by atoms with Crippen LogP contribution in [0.1, 0.15) is 16.7 Å². The van der Waals surface area contributed by atoms with Crippen LogP contribution in [0.3, 0.4) is 0 Å². The zero-order valence-corrected chi connectivity index (χ0v) is 17.5. The molecule has 1 saturated heterocycles. The van der Waals surface area contributed by atoms with Crippen LogP contribution >= 0.6 is 0 Å². The first-order chi connectivity index (χ1) is 13.4. The van der Waals surface area contributed by atoms with E-state index in [1.807, 2.05) is 13.8 Å². The van der Waals surface area contributed by atoms with Crippen molar-refractivity contribution in [3.63, 3.8) is 0 Å². The fourth-order valence-corrected chi connectivity index (χ4v) is 4.50. The van der Waals surface area contributed by atoms with E-state index in [0.717, 1.165) is 43.0 Å². The van der Waals surface area contributed by atoms with Crippen LogP contribution < -0.4 is 14.4 Å². The Morgan fingerprint density at radius 1 is 1.07 bits per heavy atom. The molecule has 28 heavy (non-hydrogen) atoms. The van der Waals surface area contributed by atoms with Crippen LogP contribution in [0.4, 0.5) is 5.69 Å². The van der Waals surface area contributed by atoms with Gasteiger partial charge < -0.3 is 14.4 Å². The monoisotopic (exact) mass is 404 g/mol. The normalized spacial score (nSPS) is 14.9. The largest absolute Gasteiger partial charge is 0.495 e. The van der Waals surface area contributed by atoms with Gasteiger partial charge in [-0.05, 0) is 61.2 Å². The highest BCUT2D eigenvalue weighted by Gasteiger charge is 2.20. The number of nitrogens with one attached hydrogen (secondary N) is 1. The van der Waals surface area contributed by atoms with Gasteiger partial charge in [0.1, 0.15) is 10.6 Å². The molecule has 152 valence electrons. The third-order valence-corrected chi connectivity index (χ3v) is 6.57. The summed E-state index contributed by atoms with van der Waals surface area (Å²) in [5, 5.41) is 0. The highest BCUT2D eigenvalue weighted by Crippen LogP contribution is 2.27. The molecule has 7 heteroatoms. The van der Waals surface area contributed by atoms with E-state index in [-0.39, 0.29) is 4.90 Å². The van der Waals surface area contributed by atoms with Crippen LogP contribution in [-0.2, 0) is 21.2 Å². The minimum absolute atomic E-state index is 0.181. The average Bonchev–Trinajstić information content (AvgIpc) is 2.70. The third-order valence-electron chi connectivity index (χ3n) is 5.09. The molecule has 0 aromatic heterocycles. The first-order valence-corrected chi connectivity index (χ1v) is 11.0. The van der Waals surface area contributed by atoms with Crippen molar-refractivity contribution < 1.29 is 17.9 Å². The van der Waals surface area contributed by atoms with Crippen molar-refractivity contribution in [1.29, 1.82) is 0 Å². The van der Waals surface area contributed by atoms with Gasteiger partial charge in [-0.25, -0.2) is 13.1 Å². The van der Waals surface area contributed by atoms with Gasteiger partial charge in [0.2, 0.25) is 10.0 Å². The van der Waals surface area contributed by atoms with Gasteiger partial charge in [-0.15, -0.1) is 0 Å². The first-order valence-electron chi connectivity index (χ1n) is 9.47. The van der Waals surface area contributed by atoms with Crippen molar-refractivity contribution in [3.8, 4) is 5.75 Å². The molecule has 0 spiro atoms. The molecule has 0 saturated carbocycles. The molecule has 6 nitrogen and oxygen atoms in total. The quantitative estimate of drug-likeness (QED) is 0.768. The van der Waals surface area contributed by atoms with Gasteiger partial charge in [0.15, 0.2) is 0 Å². The summed E-state index contributed by atoms with van der Waals surface area (Å²) in [5.74, 6) is 0.366. The minimum atomic E-state index is -3.63. The van der Waals surface area contributed by atoms with E-state index in [4.69, 9.17) is 9.47 Å². The molecule has 0 radical (unpaired) electrons. The van der Waals surface area contributed by atoms with Gasteiger partial charge >= 0.3 is 0 Å². The predicted octanol–water partition coefficient (Wildman–Crippen LogP) is 2.67. The molecule has 0 amide bonds. The van der Waals surface area contributed by atoms with Crippen LogP contribution in [-0.4, -0.2) is 48.4 Å². The molecule has 0 bridgehead atoms. The SMILES string of the molecule is COc1cc(C)c(C)cc1S(=O)(=O)NCCc1ccc(N2CCOCC2)cc1. The summed E-state index contributed by atoms with van der Waals surface area (Å²) >= 11 is 0. The standard InChI is InChI=1S/C21H28N2O4S/c1-16-14-20(26-3)21(15-17(16)2)28(24,25)22-9-8-18-4-6-19(7-5-18)23-10-12-27-13-11-23/h4-7,14-15,22H,8-13H2,1-3H3. The molecule has 0 atom stereocenters. The lowest BCUT2D eigenvalue weighted by atomic mass is 10.1. The van der Waals surface area contributed by atoms with Crippen molar-refractivity contribution in [1.82, 2.24) is 4.72 Å². The van der Waals surface area contributed by atoms with Gasteiger partial charge in [0, 0.05) is 25.3 Å². The number of aryl methyl sites for hydroxylation is 2. The molecular formula is C21H28N2O4S. The van der Waals surface area contributed by atoms with Crippen LogP contribution in [0, 0.1) is 13.8 Å². The number of rotatable bonds is 7. The molecule has 3 rings (SSSR count). The molecule has 1 fully saturated rings. The summed E-state index contributed by atoms with van der Waals surface area (Å²) < 4.78 is 38.8. The number of hydrogen-bond donors (Lipinski definition) is 1. The number of sulfonamides is 1. The Morgan fingerprint density at radius 2 is 1.71 bits per heavy atom. The first kappa shape index (κ1) is 20.6. The van der Waals surface area contributed by atoms with Crippen molar-refractivity contribution in [3.05, 3.63) is 53.1 Å². The molecule has 0 aliphatic carbocycles. The Bertz CT molecular complexity index is 905. The summed E-state index contributed by atoms with van der Waals surface area (Å²) in [6.07, 6.45) is 0.621. The lowest BCUT2D eigenvalue weighted by Gasteiger charge is -2.28. The molecule has 1 aliphatic heterocycles. The van der Waals surface area contributed by atoms with Gasteiger partial charge in [0.05, 0.1) is 20.3 Å². The number of ether oxygens (including phenoxy) is 2. The summed E-state index contributed by atoms with van der Waals surface area (Å²) in [6, 6.07) is 11.7. The second-order valence-electron chi connectivity index (χ2n) is 7.00. The summed E-state index contributed by atoms with van der Waals surface area (Å²) in [5.41, 5.74) is 4.18. The minimum Gasteiger partial charge on any atom is -0.495 e. The zero-order valence-electron chi connectivity index (χ0n) is 16.7. The van der Waals surface area contributed by atoms with E-state index in [0.29, 0.717) is 18.7 Å². The Balaban J connectivity index is 1.62. The highest BCUT2D eigenvalue weighted by molar-refractivity contribution is 7.89. The highest BCUT2D eigenvalue weighted by atomic mass is 32.2. The average molecular weight is 405 g/mol. The van der Waals surface area contributed by atoms with Crippen LogP contribution in [0.5, 0.6) is 5.75 Å². The maximum Gasteiger partial charge on any atom is 0.244 e. The number of nitrogens with zero attached hydrogens (tertiary/aromatic N) is 1. The third kappa shape index (κ3) is 4.84. The molecular weight excluding hydrogens is 376 g/mol. The van der Waals surface area contributed by atoms with Crippen LogP contribution in [0.25, 0.3) is 0 Å². The lowest BCUT2D eigenvalue weighted by Crippen LogP contribution is -2.36. The summed E-state index contributed by atoms with van der Waals surface area (Å²) in [6.45, 7) is 7.46. The van der Waals surface area contributed by atoms with Gasteiger partial charge in [0.25, 0.3) is 0 Å². The second-order valence-corrected chi connectivity index (χ2v) is 8.74. The number of methoxy groups -OCH3 is 1. The van der Waals surface area contributed by atoms with E-state index < -0.39 is 10.0 Å². The van der Waals surface area contributed by atoms with E-state index in [2.05, 4.69) is 33.9 Å². The lowest BCUT2D eigenvalue weighted by molar-refractivity contribution is 0.122. The maximum atomic E-state index is 12.7. The number of morpholine rings is 1. The van der Waals surface area contributed by atoms with Crippen molar-refractivity contribution >= 4 is 15.7 Å². The molecule has 1 heterocycles. The predicted molar refractivity (Wildman–Crippen MR) is 111 cm³/mol. The van der Waals surface area contributed by atoms with Crippen molar-refractivity contribution in [2.45, 2.75) is 25.2 Å². The molecule has 2 aromatic rings. The maximum absolute atomic E-state index is 12.7. The Hall–Kier alpha value is -2.09. The van der Waals surface area contributed by atoms with E-state index in [1.165, 1.54) is 12.8 Å². The van der Waals surface area contributed by atoms with Gasteiger partial charge in [-0.1, -0.05) is 12.1 Å². The Morgan fingerprint density at radius 3 is 2.36 bits per heavy atom. The smallest absolute Gasteiger partial charge is 0.244 e. The molecule has 0 unspecified atom stereocenters. The number of benzene rings is 2. The summed E-state index contributed by atoms with van der Waals surface area (Å²) in [4.78, 5) is 2.47. The molecule has 1 N–H and O–H groups in total. The Labute approximate surface area is 167 Å². The fourth-order valence-electron chi connectivity index (χ4n) is 3.24. The van der Waals surface area contributed by atoms with Gasteiger partial charge in [-0.3, -0.25) is 0 Å². The fraction of sp³-hybridized carbons (Fsp3) is 0.429. The van der Waals surface area contributed by atoms with Crippen LogP contribution in [0.2, 0.25) is 0 Å². The number of hydrogen-bond acceptors (Lipinski definition) is 5. The van der Waals surface area contributed by atoms with E-state index in [9.17, 15) is 8.42 Å². The van der Waals surface area contributed by atoms with Gasteiger partial charge in [-0.2, -0.15) is 0 Å². The summed E-state index contributed by atoms with van der Waals surface area (Å²) in [7, 11) is -2.15. The zero-order chi connectivity index (χ0) is 20.1. The molecule has 1 aliphatic rings. The van der Waals surface area contributed by atoms with Crippen molar-refractivity contribution in [2.75, 3.05) is 44.9 Å². The van der Waals surface area contributed by atoms with E-state index >= 15 is 0 Å². The second kappa shape index (κ2) is 8.94.